The number of allylic oxidation sites excluding steroid dienone is 1. The van der Waals surface area contributed by atoms with E-state index in [1.807, 2.05) is 24.3 Å². The van der Waals surface area contributed by atoms with Crippen LogP contribution < -0.4 is 15.4 Å². The van der Waals surface area contributed by atoms with E-state index in [-0.39, 0.29) is 12.5 Å². The van der Waals surface area contributed by atoms with Crippen LogP contribution in [0.25, 0.3) is 0 Å². The van der Waals surface area contributed by atoms with Gasteiger partial charge in [-0.25, -0.2) is 0 Å². The topological polar surface area (TPSA) is 66.0 Å². The van der Waals surface area contributed by atoms with Gasteiger partial charge in [-0.05, 0) is 49.8 Å². The Labute approximate surface area is 162 Å². The molecule has 0 saturated heterocycles. The number of carbonyl (C=O) groups is 1. The summed E-state index contributed by atoms with van der Waals surface area (Å²) in [6, 6.07) is 7.75. The Morgan fingerprint density at radius 2 is 2.11 bits per heavy atom. The van der Waals surface area contributed by atoms with Gasteiger partial charge < -0.3 is 20.3 Å². The summed E-state index contributed by atoms with van der Waals surface area (Å²) in [5, 5.41) is 6.69. The first-order chi connectivity index (χ1) is 13.1. The van der Waals surface area contributed by atoms with Gasteiger partial charge in [-0.3, -0.25) is 9.79 Å². The number of hydrogen-bond donors (Lipinski definition) is 2. The third kappa shape index (κ3) is 7.72. The van der Waals surface area contributed by atoms with Crippen molar-refractivity contribution in [2.75, 3.05) is 34.3 Å². The molecular weight excluding hydrogens is 340 g/mol. The first-order valence-corrected chi connectivity index (χ1v) is 9.63. The van der Waals surface area contributed by atoms with Crippen LogP contribution in [-0.4, -0.2) is 51.1 Å². The van der Waals surface area contributed by atoms with Crippen LogP contribution in [-0.2, 0) is 11.3 Å². The Morgan fingerprint density at radius 1 is 1.26 bits per heavy atom. The molecule has 0 radical (unpaired) electrons. The molecule has 1 aromatic rings. The number of nitrogens with zero attached hydrogens (tertiary/aromatic N) is 2. The zero-order valence-corrected chi connectivity index (χ0v) is 16.8. The normalized spacial score (nSPS) is 14.3. The van der Waals surface area contributed by atoms with Crippen molar-refractivity contribution < 1.29 is 9.53 Å². The molecule has 2 N–H and O–H groups in total. The van der Waals surface area contributed by atoms with Crippen LogP contribution >= 0.6 is 0 Å². The third-order valence-electron chi connectivity index (χ3n) is 4.57. The number of nitrogens with one attached hydrogen (secondary N) is 2. The van der Waals surface area contributed by atoms with E-state index in [1.165, 1.54) is 30.6 Å². The first kappa shape index (κ1) is 20.8. The number of hydrogen-bond acceptors (Lipinski definition) is 3. The zero-order chi connectivity index (χ0) is 19.5. The van der Waals surface area contributed by atoms with Crippen LogP contribution in [0.5, 0.6) is 5.75 Å². The van der Waals surface area contributed by atoms with Crippen molar-refractivity contribution >= 4 is 11.9 Å². The van der Waals surface area contributed by atoms with Crippen molar-refractivity contribution in [3.05, 3.63) is 41.5 Å². The SMILES string of the molecule is CN=C(NCCC1=CCCCC1)NCc1cccc(OCC(=O)N(C)C)c1. The standard InChI is InChI=1S/C21H32N4O2/c1-22-21(23-13-12-17-8-5-4-6-9-17)24-15-18-10-7-11-19(14-18)27-16-20(26)25(2)3/h7-8,10-11,14H,4-6,9,12-13,15-16H2,1-3H3,(H2,22,23,24). The van der Waals surface area contributed by atoms with E-state index in [4.69, 9.17) is 4.74 Å². The van der Waals surface area contributed by atoms with Gasteiger partial charge in [0.15, 0.2) is 12.6 Å². The first-order valence-electron chi connectivity index (χ1n) is 9.63. The molecule has 0 saturated carbocycles. The summed E-state index contributed by atoms with van der Waals surface area (Å²) in [6.07, 6.45) is 8.55. The molecule has 1 aliphatic rings. The van der Waals surface area contributed by atoms with Crippen molar-refractivity contribution in [1.29, 1.82) is 0 Å². The lowest BCUT2D eigenvalue weighted by Gasteiger charge is -2.15. The number of aliphatic imine (C=N–C) groups is 1. The Morgan fingerprint density at radius 3 is 2.81 bits per heavy atom. The van der Waals surface area contributed by atoms with Crippen molar-refractivity contribution in [3.8, 4) is 5.75 Å². The van der Waals surface area contributed by atoms with Crippen molar-refractivity contribution in [1.82, 2.24) is 15.5 Å². The Kier molecular flexibility index (Phi) is 8.68. The lowest BCUT2D eigenvalue weighted by molar-refractivity contribution is -0.130. The van der Waals surface area contributed by atoms with Crippen LogP contribution in [0.4, 0.5) is 0 Å². The highest BCUT2D eigenvalue weighted by Crippen LogP contribution is 2.19. The van der Waals surface area contributed by atoms with E-state index in [0.717, 1.165) is 24.5 Å². The molecule has 1 amide bonds. The maximum Gasteiger partial charge on any atom is 0.259 e. The lowest BCUT2D eigenvalue weighted by Crippen LogP contribution is -2.37. The predicted octanol–water partition coefficient (Wildman–Crippen LogP) is 2.71. The van der Waals surface area contributed by atoms with Crippen LogP contribution in [0.3, 0.4) is 0 Å². The molecule has 0 heterocycles. The molecular formula is C21H32N4O2. The maximum absolute atomic E-state index is 11.6. The monoisotopic (exact) mass is 372 g/mol. The quantitative estimate of drug-likeness (QED) is 0.418. The number of likely N-dealkylation sites (N-methyl/N-ethyl adjacent to an activating group) is 1. The third-order valence-corrected chi connectivity index (χ3v) is 4.57. The summed E-state index contributed by atoms with van der Waals surface area (Å²) in [6.45, 7) is 1.57. The van der Waals surface area contributed by atoms with E-state index in [0.29, 0.717) is 12.3 Å². The molecule has 148 valence electrons. The number of carbonyl (C=O) groups excluding carboxylic acids is 1. The fourth-order valence-electron chi connectivity index (χ4n) is 2.90. The molecule has 0 fully saturated rings. The van der Waals surface area contributed by atoms with E-state index >= 15 is 0 Å². The maximum atomic E-state index is 11.6. The summed E-state index contributed by atoms with van der Waals surface area (Å²) < 4.78 is 5.56. The van der Waals surface area contributed by atoms with Gasteiger partial charge in [0.05, 0.1) is 0 Å². The Hall–Kier alpha value is -2.50. The molecule has 1 aliphatic carbocycles. The summed E-state index contributed by atoms with van der Waals surface area (Å²) in [5.74, 6) is 1.42. The van der Waals surface area contributed by atoms with Gasteiger partial charge in [0.2, 0.25) is 0 Å². The zero-order valence-electron chi connectivity index (χ0n) is 16.8. The van der Waals surface area contributed by atoms with Gasteiger partial charge in [0, 0.05) is 34.2 Å². The average molecular weight is 373 g/mol. The Balaban J connectivity index is 1.75. The van der Waals surface area contributed by atoms with E-state index in [1.54, 1.807) is 26.7 Å². The van der Waals surface area contributed by atoms with Gasteiger partial charge in [0.1, 0.15) is 5.75 Å². The highest BCUT2D eigenvalue weighted by Gasteiger charge is 2.06. The number of rotatable bonds is 8. The molecule has 2 rings (SSSR count). The van der Waals surface area contributed by atoms with Gasteiger partial charge in [-0.1, -0.05) is 23.8 Å². The summed E-state index contributed by atoms with van der Waals surface area (Å²) in [7, 11) is 5.21. The highest BCUT2D eigenvalue weighted by atomic mass is 16.5. The summed E-state index contributed by atoms with van der Waals surface area (Å²) in [4.78, 5) is 17.4. The molecule has 0 aliphatic heterocycles. The van der Waals surface area contributed by atoms with Crippen LogP contribution in [0, 0.1) is 0 Å². The fourth-order valence-corrected chi connectivity index (χ4v) is 2.90. The minimum atomic E-state index is -0.0591. The van der Waals surface area contributed by atoms with Gasteiger partial charge in [0.25, 0.3) is 5.91 Å². The summed E-state index contributed by atoms with van der Waals surface area (Å²) in [5.41, 5.74) is 2.63. The Bertz CT molecular complexity index is 668. The van der Waals surface area contributed by atoms with Crippen LogP contribution in [0.15, 0.2) is 40.9 Å². The molecule has 6 heteroatoms. The van der Waals surface area contributed by atoms with Crippen molar-refractivity contribution in [2.45, 2.75) is 38.6 Å². The van der Waals surface area contributed by atoms with Crippen LogP contribution in [0.1, 0.15) is 37.7 Å². The second-order valence-electron chi connectivity index (χ2n) is 6.93. The molecule has 0 unspecified atom stereocenters. The minimum absolute atomic E-state index is 0.0446. The second kappa shape index (κ2) is 11.3. The predicted molar refractivity (Wildman–Crippen MR) is 110 cm³/mol. The van der Waals surface area contributed by atoms with Gasteiger partial charge in [-0.2, -0.15) is 0 Å². The summed E-state index contributed by atoms with van der Waals surface area (Å²) >= 11 is 0. The smallest absolute Gasteiger partial charge is 0.259 e. The van der Waals surface area contributed by atoms with Crippen LogP contribution in [0.2, 0.25) is 0 Å². The molecule has 0 atom stereocenters. The van der Waals surface area contributed by atoms with E-state index < -0.39 is 0 Å². The van der Waals surface area contributed by atoms with E-state index in [2.05, 4.69) is 21.7 Å². The molecule has 0 aromatic heterocycles. The largest absolute Gasteiger partial charge is 0.484 e. The highest BCUT2D eigenvalue weighted by molar-refractivity contribution is 5.79. The molecule has 6 nitrogen and oxygen atoms in total. The van der Waals surface area contributed by atoms with E-state index in [9.17, 15) is 4.79 Å². The van der Waals surface area contributed by atoms with Crippen molar-refractivity contribution in [2.24, 2.45) is 4.99 Å². The van der Waals surface area contributed by atoms with Crippen molar-refractivity contribution in [3.63, 3.8) is 0 Å². The minimum Gasteiger partial charge on any atom is -0.484 e. The van der Waals surface area contributed by atoms with Gasteiger partial charge in [-0.15, -0.1) is 0 Å². The lowest BCUT2D eigenvalue weighted by atomic mass is 9.97. The molecule has 0 bridgehead atoms. The number of benzene rings is 1. The number of amides is 1. The molecule has 27 heavy (non-hydrogen) atoms. The molecule has 0 spiro atoms. The van der Waals surface area contributed by atoms with Gasteiger partial charge >= 0.3 is 0 Å². The number of ether oxygens (including phenoxy) is 1. The average Bonchev–Trinajstić information content (AvgIpc) is 2.69. The second-order valence-corrected chi connectivity index (χ2v) is 6.93. The molecule has 1 aromatic carbocycles. The number of guanidine groups is 1. The fraction of sp³-hybridized carbons (Fsp3) is 0.524.